The summed E-state index contributed by atoms with van der Waals surface area (Å²) in [4.78, 5) is 4.24. The third kappa shape index (κ3) is 2.79. The Morgan fingerprint density at radius 1 is 1.40 bits per heavy atom. The fourth-order valence-corrected chi connectivity index (χ4v) is 2.68. The van der Waals surface area contributed by atoms with Crippen LogP contribution in [0.15, 0.2) is 22.9 Å². The van der Waals surface area contributed by atoms with Gasteiger partial charge >= 0.3 is 0 Å². The molecule has 1 aromatic rings. The Balaban J connectivity index is 2.08. The maximum absolute atomic E-state index is 4.24. The van der Waals surface area contributed by atoms with Gasteiger partial charge in [-0.3, -0.25) is 4.98 Å². The Labute approximate surface area is 99.6 Å². The van der Waals surface area contributed by atoms with Gasteiger partial charge in [-0.15, -0.1) is 0 Å². The largest absolute Gasteiger partial charge is 0.317 e. The number of nitrogens with one attached hydrogen (secondary N) is 1. The second kappa shape index (κ2) is 5.08. The van der Waals surface area contributed by atoms with Gasteiger partial charge in [-0.2, -0.15) is 0 Å². The molecule has 0 saturated carbocycles. The Morgan fingerprint density at radius 2 is 2.13 bits per heavy atom. The Bertz CT molecular complexity index is 321. The number of pyridine rings is 1. The average Bonchev–Trinajstić information content (AvgIpc) is 2.29. The molecule has 0 bridgehead atoms. The van der Waals surface area contributed by atoms with Crippen molar-refractivity contribution in [2.75, 3.05) is 13.1 Å². The minimum Gasteiger partial charge on any atom is -0.317 e. The molecule has 15 heavy (non-hydrogen) atoms. The number of halogens is 1. The second-order valence-corrected chi connectivity index (χ2v) is 5.23. The third-order valence-electron chi connectivity index (χ3n) is 3.34. The summed E-state index contributed by atoms with van der Waals surface area (Å²) < 4.78 is 1.08. The quantitative estimate of drug-likeness (QED) is 0.892. The number of piperidine rings is 1. The van der Waals surface area contributed by atoms with Gasteiger partial charge in [-0.25, -0.2) is 0 Å². The predicted molar refractivity (Wildman–Crippen MR) is 65.9 cm³/mol. The lowest BCUT2D eigenvalue weighted by Crippen LogP contribution is -2.30. The SMILES string of the molecule is CC(c1cncc(Br)c1)C1CCNCC1. The summed E-state index contributed by atoms with van der Waals surface area (Å²) >= 11 is 3.48. The highest BCUT2D eigenvalue weighted by Gasteiger charge is 2.21. The van der Waals surface area contributed by atoms with Crippen LogP contribution in [0.25, 0.3) is 0 Å². The number of aromatic nitrogens is 1. The Morgan fingerprint density at radius 3 is 2.80 bits per heavy atom. The highest BCUT2D eigenvalue weighted by atomic mass is 79.9. The molecule has 2 heterocycles. The van der Waals surface area contributed by atoms with Crippen molar-refractivity contribution in [1.82, 2.24) is 10.3 Å². The first kappa shape index (κ1) is 11.1. The average molecular weight is 269 g/mol. The molecule has 1 N–H and O–H groups in total. The summed E-state index contributed by atoms with van der Waals surface area (Å²) in [5, 5.41) is 3.41. The van der Waals surface area contributed by atoms with Crippen molar-refractivity contribution in [2.45, 2.75) is 25.7 Å². The van der Waals surface area contributed by atoms with E-state index in [4.69, 9.17) is 0 Å². The molecule has 1 saturated heterocycles. The third-order valence-corrected chi connectivity index (χ3v) is 3.78. The number of hydrogen-bond donors (Lipinski definition) is 1. The molecular formula is C12H17BrN2. The van der Waals surface area contributed by atoms with Crippen LogP contribution in [0, 0.1) is 5.92 Å². The van der Waals surface area contributed by atoms with Crippen LogP contribution in [-0.4, -0.2) is 18.1 Å². The van der Waals surface area contributed by atoms with Gasteiger partial charge in [-0.1, -0.05) is 6.92 Å². The zero-order valence-corrected chi connectivity index (χ0v) is 10.6. The summed E-state index contributed by atoms with van der Waals surface area (Å²) in [5.74, 6) is 1.43. The van der Waals surface area contributed by atoms with Gasteiger partial charge in [0.05, 0.1) is 0 Å². The lowest BCUT2D eigenvalue weighted by Gasteiger charge is -2.28. The van der Waals surface area contributed by atoms with Gasteiger partial charge in [0, 0.05) is 16.9 Å². The second-order valence-electron chi connectivity index (χ2n) is 4.31. The zero-order chi connectivity index (χ0) is 10.7. The van der Waals surface area contributed by atoms with Crippen molar-refractivity contribution in [2.24, 2.45) is 5.92 Å². The molecular weight excluding hydrogens is 252 g/mol. The fourth-order valence-electron chi connectivity index (χ4n) is 2.29. The standard InChI is InChI=1S/C12H17BrN2/c1-9(10-2-4-14-5-3-10)11-6-12(13)8-15-7-11/h6-10,14H,2-5H2,1H3. The van der Waals surface area contributed by atoms with Gasteiger partial charge in [0.1, 0.15) is 0 Å². The molecule has 82 valence electrons. The highest BCUT2D eigenvalue weighted by molar-refractivity contribution is 9.10. The molecule has 2 rings (SSSR count). The van der Waals surface area contributed by atoms with E-state index in [0.29, 0.717) is 5.92 Å². The molecule has 1 aliphatic rings. The van der Waals surface area contributed by atoms with Gasteiger partial charge < -0.3 is 5.32 Å². The molecule has 2 nitrogen and oxygen atoms in total. The van der Waals surface area contributed by atoms with Crippen molar-refractivity contribution >= 4 is 15.9 Å². The Hall–Kier alpha value is -0.410. The number of rotatable bonds is 2. The van der Waals surface area contributed by atoms with Crippen LogP contribution in [0.4, 0.5) is 0 Å². The van der Waals surface area contributed by atoms with Crippen molar-refractivity contribution in [3.05, 3.63) is 28.5 Å². The van der Waals surface area contributed by atoms with Crippen LogP contribution in [0.3, 0.4) is 0 Å². The first-order chi connectivity index (χ1) is 7.27. The van der Waals surface area contributed by atoms with Crippen molar-refractivity contribution in [1.29, 1.82) is 0 Å². The maximum atomic E-state index is 4.24. The van der Waals surface area contributed by atoms with E-state index in [-0.39, 0.29) is 0 Å². The summed E-state index contributed by atoms with van der Waals surface area (Å²) in [6, 6.07) is 2.19. The normalized spacial score (nSPS) is 20.1. The van der Waals surface area contributed by atoms with Gasteiger partial charge in [0.25, 0.3) is 0 Å². The Kier molecular flexibility index (Phi) is 3.76. The summed E-state index contributed by atoms with van der Waals surface area (Å²) in [5.41, 5.74) is 1.36. The molecule has 1 fully saturated rings. The first-order valence-electron chi connectivity index (χ1n) is 5.58. The molecule has 0 amide bonds. The predicted octanol–water partition coefficient (Wildman–Crippen LogP) is 2.95. The van der Waals surface area contributed by atoms with Crippen LogP contribution < -0.4 is 5.32 Å². The van der Waals surface area contributed by atoms with E-state index < -0.39 is 0 Å². The van der Waals surface area contributed by atoms with E-state index in [1.54, 1.807) is 0 Å². The zero-order valence-electron chi connectivity index (χ0n) is 9.04. The molecule has 0 aliphatic carbocycles. The molecule has 1 aliphatic heterocycles. The van der Waals surface area contributed by atoms with E-state index in [1.807, 2.05) is 12.4 Å². The number of hydrogen-bond acceptors (Lipinski definition) is 2. The molecule has 0 aromatic carbocycles. The van der Waals surface area contributed by atoms with E-state index >= 15 is 0 Å². The van der Waals surface area contributed by atoms with E-state index in [1.165, 1.54) is 18.4 Å². The van der Waals surface area contributed by atoms with Crippen molar-refractivity contribution in [3.8, 4) is 0 Å². The van der Waals surface area contributed by atoms with Gasteiger partial charge in [-0.05, 0) is 65.3 Å². The molecule has 3 heteroatoms. The fraction of sp³-hybridized carbons (Fsp3) is 0.583. The van der Waals surface area contributed by atoms with Crippen LogP contribution in [-0.2, 0) is 0 Å². The van der Waals surface area contributed by atoms with Crippen molar-refractivity contribution < 1.29 is 0 Å². The molecule has 1 aromatic heterocycles. The monoisotopic (exact) mass is 268 g/mol. The topological polar surface area (TPSA) is 24.9 Å². The van der Waals surface area contributed by atoms with Crippen LogP contribution in [0.5, 0.6) is 0 Å². The van der Waals surface area contributed by atoms with Gasteiger partial charge in [0.2, 0.25) is 0 Å². The minimum absolute atomic E-state index is 0.622. The highest BCUT2D eigenvalue weighted by Crippen LogP contribution is 2.30. The summed E-state index contributed by atoms with van der Waals surface area (Å²) in [6.45, 7) is 4.65. The molecule has 0 radical (unpaired) electrons. The summed E-state index contributed by atoms with van der Waals surface area (Å²) in [7, 11) is 0. The lowest BCUT2D eigenvalue weighted by molar-refractivity contribution is 0.330. The van der Waals surface area contributed by atoms with E-state index in [2.05, 4.69) is 39.2 Å². The van der Waals surface area contributed by atoms with Crippen molar-refractivity contribution in [3.63, 3.8) is 0 Å². The lowest BCUT2D eigenvalue weighted by atomic mass is 9.82. The molecule has 1 unspecified atom stereocenters. The molecule has 0 spiro atoms. The molecule has 1 atom stereocenters. The van der Waals surface area contributed by atoms with Crippen LogP contribution in [0.2, 0.25) is 0 Å². The van der Waals surface area contributed by atoms with Crippen LogP contribution in [0.1, 0.15) is 31.2 Å². The minimum atomic E-state index is 0.622. The smallest absolute Gasteiger partial charge is 0.0410 e. The maximum Gasteiger partial charge on any atom is 0.0410 e. The first-order valence-corrected chi connectivity index (χ1v) is 6.38. The van der Waals surface area contributed by atoms with Gasteiger partial charge in [0.15, 0.2) is 0 Å². The van der Waals surface area contributed by atoms with E-state index in [9.17, 15) is 0 Å². The van der Waals surface area contributed by atoms with E-state index in [0.717, 1.165) is 23.5 Å². The summed E-state index contributed by atoms with van der Waals surface area (Å²) in [6.07, 6.45) is 6.41. The number of nitrogens with zero attached hydrogens (tertiary/aromatic N) is 1. The van der Waals surface area contributed by atoms with Crippen LogP contribution >= 0.6 is 15.9 Å².